The molecule has 0 saturated heterocycles. The summed E-state index contributed by atoms with van der Waals surface area (Å²) in [6.45, 7) is 1.15. The first kappa shape index (κ1) is 29.0. The van der Waals surface area contributed by atoms with E-state index in [1.807, 2.05) is 121 Å². The standard InChI is InChI=1S/C33H36O5S/c1-35-33(39-29-20-12-5-13-21-29)32(38-24-28-18-10-4-11-19-28)31(37-23-27-16-8-3-9-17-27)30(34)25-36-22-26-14-6-2-7-15-26/h2-21,30-34H,22-25H2,1H3/t30-,31+,32+,33+/m1/s1. The minimum Gasteiger partial charge on any atom is -0.388 e. The van der Waals surface area contributed by atoms with Crippen LogP contribution in [0.3, 0.4) is 0 Å². The first-order valence-corrected chi connectivity index (χ1v) is 14.0. The van der Waals surface area contributed by atoms with Crippen molar-refractivity contribution >= 4 is 11.8 Å². The SMILES string of the molecule is CO[C@@H](Sc1ccccc1)[C@@H](OCc1ccccc1)[C@@H](OCc1ccccc1)[C@H](O)COCc1ccccc1. The molecule has 4 rings (SSSR count). The molecule has 39 heavy (non-hydrogen) atoms. The van der Waals surface area contributed by atoms with E-state index in [0.29, 0.717) is 19.8 Å². The molecule has 0 amide bonds. The molecule has 5 nitrogen and oxygen atoms in total. The monoisotopic (exact) mass is 544 g/mol. The van der Waals surface area contributed by atoms with Crippen molar-refractivity contribution in [3.63, 3.8) is 0 Å². The molecule has 0 heterocycles. The molecule has 0 saturated carbocycles. The van der Waals surface area contributed by atoms with E-state index in [4.69, 9.17) is 18.9 Å². The summed E-state index contributed by atoms with van der Waals surface area (Å²) in [6, 6.07) is 39.8. The van der Waals surface area contributed by atoms with Gasteiger partial charge in [0.25, 0.3) is 0 Å². The molecular formula is C33H36O5S. The Morgan fingerprint density at radius 2 is 1.03 bits per heavy atom. The highest BCUT2D eigenvalue weighted by Crippen LogP contribution is 2.31. The summed E-state index contributed by atoms with van der Waals surface area (Å²) in [5, 5.41) is 11.4. The Hall–Kier alpha value is -2.97. The second-order valence-corrected chi connectivity index (χ2v) is 10.3. The van der Waals surface area contributed by atoms with E-state index in [-0.39, 0.29) is 6.61 Å². The smallest absolute Gasteiger partial charge is 0.136 e. The van der Waals surface area contributed by atoms with Gasteiger partial charge in [-0.3, -0.25) is 0 Å². The van der Waals surface area contributed by atoms with Crippen molar-refractivity contribution in [3.8, 4) is 0 Å². The van der Waals surface area contributed by atoms with Crippen LogP contribution in [0.2, 0.25) is 0 Å². The minimum absolute atomic E-state index is 0.0893. The number of rotatable bonds is 16. The average molecular weight is 545 g/mol. The van der Waals surface area contributed by atoms with Gasteiger partial charge in [0, 0.05) is 12.0 Å². The Kier molecular flexibility index (Phi) is 12.1. The number of hydrogen-bond acceptors (Lipinski definition) is 6. The van der Waals surface area contributed by atoms with E-state index < -0.39 is 23.7 Å². The third-order valence-electron chi connectivity index (χ3n) is 6.17. The Morgan fingerprint density at radius 1 is 0.590 bits per heavy atom. The lowest BCUT2D eigenvalue weighted by Crippen LogP contribution is -2.48. The van der Waals surface area contributed by atoms with Gasteiger partial charge in [-0.1, -0.05) is 121 Å². The van der Waals surface area contributed by atoms with Gasteiger partial charge in [0.15, 0.2) is 0 Å². The third-order valence-corrected chi connectivity index (χ3v) is 7.41. The first-order chi connectivity index (χ1) is 19.2. The predicted molar refractivity (Wildman–Crippen MR) is 155 cm³/mol. The maximum Gasteiger partial charge on any atom is 0.136 e. The molecule has 1 N–H and O–H groups in total. The molecule has 0 fully saturated rings. The van der Waals surface area contributed by atoms with E-state index in [0.717, 1.165) is 21.6 Å². The summed E-state index contributed by atoms with van der Waals surface area (Å²) in [7, 11) is 1.66. The van der Waals surface area contributed by atoms with Crippen LogP contribution in [0.1, 0.15) is 16.7 Å². The van der Waals surface area contributed by atoms with Crippen LogP contribution in [0.4, 0.5) is 0 Å². The number of ether oxygens (including phenoxy) is 4. The molecule has 0 aromatic heterocycles. The fraction of sp³-hybridized carbons (Fsp3) is 0.273. The van der Waals surface area contributed by atoms with Gasteiger partial charge in [-0.2, -0.15) is 0 Å². The molecule has 4 atom stereocenters. The van der Waals surface area contributed by atoms with Crippen molar-refractivity contribution < 1.29 is 24.1 Å². The highest BCUT2D eigenvalue weighted by atomic mass is 32.2. The lowest BCUT2D eigenvalue weighted by Gasteiger charge is -2.35. The predicted octanol–water partition coefficient (Wildman–Crippen LogP) is 6.50. The van der Waals surface area contributed by atoms with Crippen molar-refractivity contribution in [1.82, 2.24) is 0 Å². The van der Waals surface area contributed by atoms with Crippen LogP contribution in [0.25, 0.3) is 0 Å². The number of aliphatic hydroxyl groups excluding tert-OH is 1. The maximum atomic E-state index is 11.4. The topological polar surface area (TPSA) is 57.2 Å². The summed E-state index contributed by atoms with van der Waals surface area (Å²) in [5.74, 6) is 0. The Labute approximate surface area is 235 Å². The van der Waals surface area contributed by atoms with Crippen LogP contribution in [-0.2, 0) is 38.8 Å². The van der Waals surface area contributed by atoms with Crippen LogP contribution in [0.5, 0.6) is 0 Å². The molecule has 0 aliphatic rings. The second-order valence-electron chi connectivity index (χ2n) is 9.13. The van der Waals surface area contributed by atoms with Gasteiger partial charge in [-0.15, -0.1) is 0 Å². The number of benzene rings is 4. The molecule has 0 spiro atoms. The molecule has 0 radical (unpaired) electrons. The van der Waals surface area contributed by atoms with E-state index >= 15 is 0 Å². The second kappa shape index (κ2) is 16.2. The molecule has 204 valence electrons. The van der Waals surface area contributed by atoms with Crippen molar-refractivity contribution in [1.29, 1.82) is 0 Å². The van der Waals surface area contributed by atoms with Crippen LogP contribution in [0.15, 0.2) is 126 Å². The first-order valence-electron chi connectivity index (χ1n) is 13.1. The van der Waals surface area contributed by atoms with E-state index in [1.165, 1.54) is 0 Å². The van der Waals surface area contributed by atoms with Crippen LogP contribution in [-0.4, -0.2) is 42.6 Å². The van der Waals surface area contributed by atoms with Crippen molar-refractivity contribution in [2.75, 3.05) is 13.7 Å². The fourth-order valence-electron chi connectivity index (χ4n) is 4.14. The van der Waals surface area contributed by atoms with Gasteiger partial charge < -0.3 is 24.1 Å². The van der Waals surface area contributed by atoms with E-state index in [9.17, 15) is 5.11 Å². The van der Waals surface area contributed by atoms with E-state index in [2.05, 4.69) is 0 Å². The van der Waals surface area contributed by atoms with Crippen molar-refractivity contribution in [2.24, 2.45) is 0 Å². The Morgan fingerprint density at radius 3 is 1.51 bits per heavy atom. The third kappa shape index (κ3) is 9.62. The number of methoxy groups -OCH3 is 1. The highest BCUT2D eigenvalue weighted by Gasteiger charge is 2.37. The number of thioether (sulfide) groups is 1. The fourth-order valence-corrected chi connectivity index (χ4v) is 5.18. The van der Waals surface area contributed by atoms with Crippen molar-refractivity contribution in [2.45, 2.75) is 48.5 Å². The summed E-state index contributed by atoms with van der Waals surface area (Å²) >= 11 is 1.54. The zero-order valence-electron chi connectivity index (χ0n) is 22.2. The van der Waals surface area contributed by atoms with Crippen LogP contribution >= 0.6 is 11.8 Å². The molecule has 4 aromatic rings. The summed E-state index contributed by atoms with van der Waals surface area (Å²) in [5.41, 5.74) is 2.63. The quantitative estimate of drug-likeness (QED) is 0.128. The average Bonchev–Trinajstić information content (AvgIpc) is 3.00. The zero-order valence-corrected chi connectivity index (χ0v) is 23.0. The maximum absolute atomic E-state index is 11.4. The molecule has 0 aliphatic carbocycles. The Bertz CT molecular complexity index is 1180. The van der Waals surface area contributed by atoms with Crippen molar-refractivity contribution in [3.05, 3.63) is 138 Å². The molecule has 6 heteroatoms. The van der Waals surface area contributed by atoms with Gasteiger partial charge in [-0.05, 0) is 28.8 Å². The molecule has 0 aliphatic heterocycles. The molecule has 0 unspecified atom stereocenters. The summed E-state index contributed by atoms with van der Waals surface area (Å²) in [6.07, 6.45) is -2.27. The van der Waals surface area contributed by atoms with Crippen LogP contribution in [0, 0.1) is 0 Å². The zero-order chi connectivity index (χ0) is 27.1. The van der Waals surface area contributed by atoms with Gasteiger partial charge in [-0.25, -0.2) is 0 Å². The largest absolute Gasteiger partial charge is 0.388 e. The minimum atomic E-state index is -0.952. The molecule has 4 aromatic carbocycles. The van der Waals surface area contributed by atoms with Gasteiger partial charge in [0.05, 0.1) is 26.4 Å². The van der Waals surface area contributed by atoms with Gasteiger partial charge in [0.2, 0.25) is 0 Å². The number of aliphatic hydroxyl groups is 1. The normalized spacial score (nSPS) is 14.4. The number of hydrogen-bond donors (Lipinski definition) is 1. The highest BCUT2D eigenvalue weighted by molar-refractivity contribution is 7.99. The van der Waals surface area contributed by atoms with Gasteiger partial charge >= 0.3 is 0 Å². The lowest BCUT2D eigenvalue weighted by atomic mass is 10.1. The Balaban J connectivity index is 1.55. The van der Waals surface area contributed by atoms with Crippen LogP contribution < -0.4 is 0 Å². The molecule has 0 bridgehead atoms. The van der Waals surface area contributed by atoms with Gasteiger partial charge in [0.1, 0.15) is 23.7 Å². The summed E-state index contributed by atoms with van der Waals surface area (Å²) < 4.78 is 24.8. The van der Waals surface area contributed by atoms with E-state index in [1.54, 1.807) is 18.9 Å². The summed E-state index contributed by atoms with van der Waals surface area (Å²) in [4.78, 5) is 1.04. The lowest BCUT2D eigenvalue weighted by molar-refractivity contribution is -0.166. The molecular weight excluding hydrogens is 508 g/mol.